The van der Waals surface area contributed by atoms with Crippen LogP contribution >= 0.6 is 35.3 Å². The van der Waals surface area contributed by atoms with Crippen LogP contribution in [0.15, 0.2) is 35.6 Å². The summed E-state index contributed by atoms with van der Waals surface area (Å²) in [5.74, 6) is -0.548. The smallest absolute Gasteiger partial charge is 0.247 e. The molecular weight excluding hydrogens is 577 g/mol. The number of rotatable bonds is 2. The van der Waals surface area contributed by atoms with Crippen LogP contribution < -0.4 is 15.9 Å². The van der Waals surface area contributed by atoms with Crippen molar-refractivity contribution < 1.29 is 34.2 Å². The van der Waals surface area contributed by atoms with Crippen molar-refractivity contribution in [3.63, 3.8) is 0 Å². The van der Waals surface area contributed by atoms with Gasteiger partial charge in [-0.15, -0.1) is 35.3 Å². The molecule has 0 saturated carbocycles. The first kappa shape index (κ1) is 30.5. The second kappa shape index (κ2) is 11.5. The maximum absolute atomic E-state index is 11.4. The molecule has 0 aliphatic carbocycles. The number of amides is 3. The van der Waals surface area contributed by atoms with E-state index < -0.39 is 24.0 Å². The summed E-state index contributed by atoms with van der Waals surface area (Å²) in [6.07, 6.45) is 0. The van der Waals surface area contributed by atoms with Crippen LogP contribution in [0, 0.1) is 11.8 Å². The van der Waals surface area contributed by atoms with Crippen molar-refractivity contribution in [2.24, 2.45) is 17.6 Å². The summed E-state index contributed by atoms with van der Waals surface area (Å²) in [5.41, 5.74) is 9.14. The van der Waals surface area contributed by atoms with Gasteiger partial charge in [0, 0.05) is 23.0 Å². The SMILES string of the molecule is C=C1CS[C@@H]2[C@H](C)C(=O)N2[C@H]1C(=O)[O-].C=C1CS[C@@H]2[C@H](C)C(=O)N2[C@H]1C(=O)[O-].CC1=C(C)N2C(=O)[C@@H](N)[C@H]2SC1. The van der Waals surface area contributed by atoms with Gasteiger partial charge in [-0.3, -0.25) is 14.4 Å². The van der Waals surface area contributed by atoms with E-state index in [0.29, 0.717) is 22.7 Å². The van der Waals surface area contributed by atoms with E-state index in [1.807, 2.05) is 25.7 Å². The Hall–Kier alpha value is -2.42. The molecule has 5 saturated heterocycles. The first-order chi connectivity index (χ1) is 18.7. The molecule has 40 heavy (non-hydrogen) atoms. The fraction of sp³-hybridized carbons (Fsp3) is 0.577. The number of allylic oxidation sites excluding steroid dienone is 1. The molecule has 0 bridgehead atoms. The molecule has 3 amide bonds. The van der Waals surface area contributed by atoms with Crippen LogP contribution in [0.25, 0.3) is 0 Å². The number of fused-ring (bicyclic) bond motifs is 3. The fourth-order valence-electron chi connectivity index (χ4n) is 5.32. The monoisotopic (exact) mass is 608 g/mol. The van der Waals surface area contributed by atoms with Gasteiger partial charge in [-0.05, 0) is 30.6 Å². The largest absolute Gasteiger partial charge is 0.548 e. The lowest BCUT2D eigenvalue weighted by atomic mass is 9.94. The normalized spacial score (nSPS) is 35.9. The van der Waals surface area contributed by atoms with Gasteiger partial charge in [0.2, 0.25) is 17.7 Å². The Morgan fingerprint density at radius 3 is 1.57 bits per heavy atom. The number of aliphatic carboxylic acids is 2. The lowest BCUT2D eigenvalue weighted by molar-refractivity contribution is -0.312. The van der Waals surface area contributed by atoms with Crippen LogP contribution in [-0.2, 0) is 24.0 Å². The van der Waals surface area contributed by atoms with Gasteiger partial charge in [0.15, 0.2) is 0 Å². The minimum atomic E-state index is -1.22. The molecule has 5 fully saturated rings. The third kappa shape index (κ3) is 4.96. The number of β-lactam (4-membered cyclic amide) rings is 3. The first-order valence-electron chi connectivity index (χ1n) is 12.7. The average molecular weight is 609 g/mol. The molecule has 11 nitrogen and oxygen atoms in total. The van der Waals surface area contributed by atoms with E-state index in [1.165, 1.54) is 15.4 Å². The Balaban J connectivity index is 0.000000139. The second-order valence-electron chi connectivity index (χ2n) is 10.5. The number of thioether (sulfide) groups is 3. The summed E-state index contributed by atoms with van der Waals surface area (Å²) in [5, 5.41) is 21.9. The van der Waals surface area contributed by atoms with Crippen molar-refractivity contribution in [2.75, 3.05) is 17.3 Å². The van der Waals surface area contributed by atoms with Crippen molar-refractivity contribution >= 4 is 64.9 Å². The van der Waals surface area contributed by atoms with E-state index >= 15 is 0 Å². The van der Waals surface area contributed by atoms with E-state index in [-0.39, 0.29) is 51.7 Å². The van der Waals surface area contributed by atoms with Crippen LogP contribution in [0.1, 0.15) is 27.7 Å². The summed E-state index contributed by atoms with van der Waals surface area (Å²) in [6.45, 7) is 15.0. The molecule has 6 aliphatic heterocycles. The van der Waals surface area contributed by atoms with E-state index in [0.717, 1.165) is 11.4 Å². The van der Waals surface area contributed by atoms with Gasteiger partial charge in [0.05, 0.1) is 46.6 Å². The topological polar surface area (TPSA) is 167 Å². The molecule has 6 heterocycles. The van der Waals surface area contributed by atoms with E-state index in [1.54, 1.807) is 35.3 Å². The molecular formula is C26H32N4O7S3-2. The predicted octanol–water partition coefficient (Wildman–Crippen LogP) is -1.05. The molecule has 6 rings (SSSR count). The number of nitrogens with two attached hydrogens (primary N) is 1. The number of carbonyl (C=O) groups excluding carboxylic acids is 5. The van der Waals surface area contributed by atoms with Crippen LogP contribution in [0.5, 0.6) is 0 Å². The maximum atomic E-state index is 11.4. The molecule has 2 N–H and O–H groups in total. The summed E-state index contributed by atoms with van der Waals surface area (Å²) >= 11 is 4.90. The molecule has 6 aliphatic rings. The van der Waals surface area contributed by atoms with E-state index in [9.17, 15) is 34.2 Å². The molecule has 0 aromatic heterocycles. The quantitative estimate of drug-likeness (QED) is 0.300. The Bertz CT molecular complexity index is 1160. The molecule has 0 unspecified atom stereocenters. The van der Waals surface area contributed by atoms with Crippen LogP contribution in [0.2, 0.25) is 0 Å². The predicted molar refractivity (Wildman–Crippen MR) is 150 cm³/mol. The van der Waals surface area contributed by atoms with Gasteiger partial charge < -0.3 is 40.2 Å². The molecule has 218 valence electrons. The zero-order chi connectivity index (χ0) is 29.8. The first-order valence-corrected chi connectivity index (χ1v) is 15.9. The van der Waals surface area contributed by atoms with Crippen molar-refractivity contribution in [2.45, 2.75) is 61.9 Å². The number of carbonyl (C=O) groups is 5. The maximum Gasteiger partial charge on any atom is 0.247 e. The van der Waals surface area contributed by atoms with E-state index in [4.69, 9.17) is 5.73 Å². The molecule has 0 aromatic carbocycles. The summed E-state index contributed by atoms with van der Waals surface area (Å²) < 4.78 is 0. The standard InChI is InChI=1S/2C9H11NO3S.C8H12N2OS/c2*1-4-3-14-8-5(2)7(11)10(8)6(4)9(12)13;1-4-3-12-8-6(9)7(11)10(8)5(4)2/h2*5-6,8H,1,3H2,2H3,(H,12,13);6,8H,3,9H2,1-2H3/p-2/t2*5-,6-,8-;6-,8-/m111/s1. The highest BCUT2D eigenvalue weighted by molar-refractivity contribution is 8.00. The second-order valence-corrected chi connectivity index (χ2v) is 13.8. The number of hydrogen-bond acceptors (Lipinski definition) is 11. The van der Waals surface area contributed by atoms with Crippen molar-refractivity contribution in [3.05, 3.63) is 35.6 Å². The summed E-state index contributed by atoms with van der Waals surface area (Å²) in [6, 6.07) is -2.09. The number of carboxylic acids is 2. The fourth-order valence-corrected chi connectivity index (χ4v) is 9.35. The highest BCUT2D eigenvalue weighted by Gasteiger charge is 2.52. The third-order valence-electron chi connectivity index (χ3n) is 7.88. The van der Waals surface area contributed by atoms with Gasteiger partial charge >= 0.3 is 0 Å². The van der Waals surface area contributed by atoms with Crippen molar-refractivity contribution in [1.29, 1.82) is 0 Å². The minimum absolute atomic E-state index is 0.00380. The Labute approximate surface area is 245 Å². The van der Waals surface area contributed by atoms with Crippen molar-refractivity contribution in [1.82, 2.24) is 14.7 Å². The van der Waals surface area contributed by atoms with Crippen LogP contribution in [0.4, 0.5) is 0 Å². The van der Waals surface area contributed by atoms with Gasteiger partial charge in [-0.2, -0.15) is 0 Å². The zero-order valence-electron chi connectivity index (χ0n) is 22.7. The van der Waals surface area contributed by atoms with Crippen LogP contribution in [0.3, 0.4) is 0 Å². The van der Waals surface area contributed by atoms with E-state index in [2.05, 4.69) is 20.1 Å². The summed E-state index contributed by atoms with van der Waals surface area (Å²) in [7, 11) is 0. The lowest BCUT2D eigenvalue weighted by Gasteiger charge is -2.53. The van der Waals surface area contributed by atoms with Crippen LogP contribution in [-0.4, -0.2) is 95.9 Å². The highest BCUT2D eigenvalue weighted by atomic mass is 32.2. The molecule has 8 atom stereocenters. The third-order valence-corrected chi connectivity index (χ3v) is 12.4. The Morgan fingerprint density at radius 2 is 1.18 bits per heavy atom. The average Bonchev–Trinajstić information content (AvgIpc) is 2.92. The highest BCUT2D eigenvalue weighted by Crippen LogP contribution is 2.44. The van der Waals surface area contributed by atoms with Gasteiger partial charge in [0.1, 0.15) is 11.4 Å². The lowest BCUT2D eigenvalue weighted by Crippen LogP contribution is -2.68. The van der Waals surface area contributed by atoms with Gasteiger partial charge in [-0.25, -0.2) is 0 Å². The van der Waals surface area contributed by atoms with Gasteiger partial charge in [-0.1, -0.05) is 27.0 Å². The Morgan fingerprint density at radius 1 is 0.775 bits per heavy atom. The molecule has 14 heteroatoms. The molecule has 0 spiro atoms. The zero-order valence-corrected chi connectivity index (χ0v) is 25.1. The molecule has 0 radical (unpaired) electrons. The summed E-state index contributed by atoms with van der Waals surface area (Å²) in [4.78, 5) is 60.4. The Kier molecular flexibility index (Phi) is 8.75. The van der Waals surface area contributed by atoms with Crippen molar-refractivity contribution in [3.8, 4) is 0 Å². The van der Waals surface area contributed by atoms with Gasteiger partial charge in [0.25, 0.3) is 0 Å². The minimum Gasteiger partial charge on any atom is -0.548 e. The number of carboxylic acid groups (broad SMARTS) is 2. The number of nitrogens with zero attached hydrogens (tertiary/aromatic N) is 3. The number of hydrogen-bond donors (Lipinski definition) is 1. The molecule has 0 aromatic rings.